The summed E-state index contributed by atoms with van der Waals surface area (Å²) >= 11 is 0. The lowest BCUT2D eigenvalue weighted by Gasteiger charge is -2.26. The van der Waals surface area contributed by atoms with Gasteiger partial charge in [0.05, 0.1) is 17.5 Å². The van der Waals surface area contributed by atoms with Gasteiger partial charge in [0.1, 0.15) is 0 Å². The summed E-state index contributed by atoms with van der Waals surface area (Å²) in [6.07, 6.45) is 4.10. The van der Waals surface area contributed by atoms with Crippen LogP contribution in [0, 0.1) is 5.92 Å². The first-order chi connectivity index (χ1) is 13.5. The van der Waals surface area contributed by atoms with Crippen LogP contribution in [0.5, 0.6) is 0 Å². The van der Waals surface area contributed by atoms with E-state index in [4.69, 9.17) is 4.74 Å². The van der Waals surface area contributed by atoms with Crippen LogP contribution in [0.15, 0.2) is 30.3 Å². The minimum atomic E-state index is 0.120. The van der Waals surface area contributed by atoms with Crippen molar-refractivity contribution in [3.63, 3.8) is 0 Å². The zero-order valence-electron chi connectivity index (χ0n) is 17.4. The van der Waals surface area contributed by atoms with Crippen molar-refractivity contribution in [2.45, 2.75) is 44.9 Å². The quantitative estimate of drug-likeness (QED) is 0.797. The number of hydrogen-bond acceptors (Lipinski definition) is 4. The maximum atomic E-state index is 12.4. The summed E-state index contributed by atoms with van der Waals surface area (Å²) < 4.78 is 7.32. The van der Waals surface area contributed by atoms with E-state index in [1.54, 1.807) is 7.11 Å². The molecule has 0 radical (unpaired) electrons. The van der Waals surface area contributed by atoms with Gasteiger partial charge in [0, 0.05) is 38.7 Å². The summed E-state index contributed by atoms with van der Waals surface area (Å²) in [4.78, 5) is 14.5. The molecule has 1 aromatic heterocycles. The molecule has 152 valence electrons. The highest BCUT2D eigenvalue weighted by atomic mass is 16.5. The van der Waals surface area contributed by atoms with Gasteiger partial charge in [-0.15, -0.1) is 0 Å². The Labute approximate surface area is 167 Å². The highest BCUT2D eigenvalue weighted by Crippen LogP contribution is 2.26. The summed E-state index contributed by atoms with van der Waals surface area (Å²) in [6, 6.07) is 10.4. The lowest BCUT2D eigenvalue weighted by atomic mass is 9.87. The number of hydrogen-bond donors (Lipinski definition) is 1. The second-order valence-electron chi connectivity index (χ2n) is 8.01. The Balaban J connectivity index is 1.54. The van der Waals surface area contributed by atoms with Crippen molar-refractivity contribution < 1.29 is 9.53 Å². The molecule has 1 saturated carbocycles. The first-order valence-electron chi connectivity index (χ1n) is 10.0. The first kappa shape index (κ1) is 20.6. The normalized spacial score (nSPS) is 19.8. The van der Waals surface area contributed by atoms with Crippen LogP contribution in [-0.4, -0.2) is 47.9 Å². The maximum absolute atomic E-state index is 12.4. The van der Waals surface area contributed by atoms with E-state index in [9.17, 15) is 4.79 Å². The number of nitrogens with one attached hydrogen (secondary N) is 1. The van der Waals surface area contributed by atoms with Crippen molar-refractivity contribution in [3.05, 3.63) is 41.6 Å². The van der Waals surface area contributed by atoms with Gasteiger partial charge in [-0.25, -0.2) is 0 Å². The monoisotopic (exact) mass is 384 g/mol. The number of rotatable bonds is 7. The van der Waals surface area contributed by atoms with Gasteiger partial charge in [0.25, 0.3) is 0 Å². The van der Waals surface area contributed by atoms with Crippen molar-refractivity contribution in [1.82, 2.24) is 20.0 Å². The van der Waals surface area contributed by atoms with Crippen LogP contribution < -0.4 is 5.32 Å². The van der Waals surface area contributed by atoms with Gasteiger partial charge in [-0.05, 0) is 51.4 Å². The van der Waals surface area contributed by atoms with Crippen LogP contribution in [0.25, 0.3) is 11.3 Å². The standard InChI is InChI=1S/C22H32N4O2/c1-25(2)15-19-13-21(24-26(19)3)17-7-5-16(6-8-17)14-23-22(27)18-9-11-20(28-4)12-10-18/h5-8,13,18,20H,9-12,14-15H2,1-4H3,(H,23,27). The number of benzene rings is 1. The van der Waals surface area contributed by atoms with Crippen LogP contribution in [0.4, 0.5) is 0 Å². The fourth-order valence-electron chi connectivity index (χ4n) is 3.81. The van der Waals surface area contributed by atoms with Crippen molar-refractivity contribution in [3.8, 4) is 11.3 Å². The molecule has 1 N–H and O–H groups in total. The predicted octanol–water partition coefficient (Wildman–Crippen LogP) is 2.97. The van der Waals surface area contributed by atoms with Gasteiger partial charge in [-0.3, -0.25) is 9.48 Å². The summed E-state index contributed by atoms with van der Waals surface area (Å²) in [6.45, 7) is 1.43. The minimum Gasteiger partial charge on any atom is -0.381 e. The van der Waals surface area contributed by atoms with E-state index in [1.165, 1.54) is 5.69 Å². The predicted molar refractivity (Wildman–Crippen MR) is 111 cm³/mol. The van der Waals surface area contributed by atoms with Crippen LogP contribution in [0.3, 0.4) is 0 Å². The third-order valence-corrected chi connectivity index (χ3v) is 5.55. The van der Waals surface area contributed by atoms with Crippen molar-refractivity contribution in [2.24, 2.45) is 13.0 Å². The minimum absolute atomic E-state index is 0.120. The third-order valence-electron chi connectivity index (χ3n) is 5.55. The smallest absolute Gasteiger partial charge is 0.223 e. The van der Waals surface area contributed by atoms with Crippen LogP contribution in [-0.2, 0) is 29.7 Å². The Kier molecular flexibility index (Phi) is 6.86. The van der Waals surface area contributed by atoms with Crippen LogP contribution in [0.2, 0.25) is 0 Å². The van der Waals surface area contributed by atoms with Crippen molar-refractivity contribution in [2.75, 3.05) is 21.2 Å². The molecule has 0 bridgehead atoms. The molecule has 1 fully saturated rings. The summed E-state index contributed by atoms with van der Waals surface area (Å²) in [7, 11) is 7.84. The first-order valence-corrected chi connectivity index (χ1v) is 10.0. The topological polar surface area (TPSA) is 59.4 Å². The SMILES string of the molecule is COC1CCC(C(=O)NCc2ccc(-c3cc(CN(C)C)n(C)n3)cc2)CC1. The summed E-state index contributed by atoms with van der Waals surface area (Å²) in [5, 5.41) is 7.71. The average Bonchev–Trinajstić information content (AvgIpc) is 3.06. The zero-order chi connectivity index (χ0) is 20.1. The molecular weight excluding hydrogens is 352 g/mol. The molecule has 0 unspecified atom stereocenters. The second kappa shape index (κ2) is 9.34. The molecule has 1 aliphatic carbocycles. The molecule has 1 aromatic carbocycles. The molecule has 1 amide bonds. The second-order valence-corrected chi connectivity index (χ2v) is 8.01. The lowest BCUT2D eigenvalue weighted by molar-refractivity contribution is -0.126. The molecule has 6 nitrogen and oxygen atoms in total. The molecule has 3 rings (SSSR count). The molecule has 0 saturated heterocycles. The molecule has 1 aliphatic rings. The maximum Gasteiger partial charge on any atom is 0.223 e. The van der Waals surface area contributed by atoms with Gasteiger partial charge in [0.2, 0.25) is 5.91 Å². The third kappa shape index (κ3) is 5.20. The molecule has 1 heterocycles. The molecule has 0 aliphatic heterocycles. The van der Waals surface area contributed by atoms with E-state index < -0.39 is 0 Å². The number of methoxy groups -OCH3 is 1. The number of aromatic nitrogens is 2. The van der Waals surface area contributed by atoms with E-state index in [0.29, 0.717) is 12.6 Å². The van der Waals surface area contributed by atoms with Gasteiger partial charge in [-0.2, -0.15) is 5.10 Å². The molecule has 0 atom stereocenters. The van der Waals surface area contributed by atoms with Crippen LogP contribution >= 0.6 is 0 Å². The van der Waals surface area contributed by atoms with Crippen LogP contribution in [0.1, 0.15) is 36.9 Å². The molecule has 2 aromatic rings. The number of carbonyl (C=O) groups excluding carboxylic acids is 1. The number of amides is 1. The molecule has 0 spiro atoms. The highest BCUT2D eigenvalue weighted by Gasteiger charge is 2.25. The highest BCUT2D eigenvalue weighted by molar-refractivity contribution is 5.78. The number of nitrogens with zero attached hydrogens (tertiary/aromatic N) is 3. The summed E-state index contributed by atoms with van der Waals surface area (Å²) in [5.41, 5.74) is 4.35. The van der Waals surface area contributed by atoms with Crippen molar-refractivity contribution >= 4 is 5.91 Å². The Bertz CT molecular complexity index is 774. The van der Waals surface area contributed by atoms with E-state index in [2.05, 4.69) is 59.7 Å². The Hall–Kier alpha value is -2.18. The Morgan fingerprint density at radius 2 is 1.89 bits per heavy atom. The van der Waals surface area contributed by atoms with E-state index in [-0.39, 0.29) is 11.8 Å². The van der Waals surface area contributed by atoms with E-state index >= 15 is 0 Å². The van der Waals surface area contributed by atoms with Gasteiger partial charge >= 0.3 is 0 Å². The van der Waals surface area contributed by atoms with Gasteiger partial charge in [-0.1, -0.05) is 24.3 Å². The summed E-state index contributed by atoms with van der Waals surface area (Å²) in [5.74, 6) is 0.283. The van der Waals surface area contributed by atoms with Gasteiger partial charge in [0.15, 0.2) is 0 Å². The number of aryl methyl sites for hydroxylation is 1. The molecular formula is C22H32N4O2. The number of ether oxygens (including phenoxy) is 1. The average molecular weight is 385 g/mol. The van der Waals surface area contributed by atoms with E-state index in [1.807, 2.05) is 11.7 Å². The van der Waals surface area contributed by atoms with Crippen molar-refractivity contribution in [1.29, 1.82) is 0 Å². The Morgan fingerprint density at radius 1 is 1.21 bits per heavy atom. The molecule has 28 heavy (non-hydrogen) atoms. The number of carbonyl (C=O) groups is 1. The Morgan fingerprint density at radius 3 is 2.50 bits per heavy atom. The van der Waals surface area contributed by atoms with Gasteiger partial charge < -0.3 is 15.0 Å². The molecule has 6 heteroatoms. The largest absolute Gasteiger partial charge is 0.381 e. The fourth-order valence-corrected chi connectivity index (χ4v) is 3.81. The fraction of sp³-hybridized carbons (Fsp3) is 0.545. The zero-order valence-corrected chi connectivity index (χ0v) is 17.4. The lowest BCUT2D eigenvalue weighted by Crippen LogP contribution is -2.34. The van der Waals surface area contributed by atoms with E-state index in [0.717, 1.165) is 49.0 Å².